The first kappa shape index (κ1) is 17.2. The summed E-state index contributed by atoms with van der Waals surface area (Å²) in [6, 6.07) is 5.04. The number of ether oxygens (including phenoxy) is 2. The molecule has 25 heavy (non-hydrogen) atoms. The van der Waals surface area contributed by atoms with Crippen molar-refractivity contribution >= 4 is 10.0 Å². The van der Waals surface area contributed by atoms with Crippen molar-refractivity contribution in [1.29, 1.82) is 0 Å². The van der Waals surface area contributed by atoms with Crippen LogP contribution in [0.25, 0.3) is 0 Å². The van der Waals surface area contributed by atoms with E-state index in [0.29, 0.717) is 17.1 Å². The summed E-state index contributed by atoms with van der Waals surface area (Å²) in [5.41, 5.74) is -0.727. The zero-order valence-electron chi connectivity index (χ0n) is 13.9. The Bertz CT molecular complexity index is 1070. The highest BCUT2D eigenvalue weighted by molar-refractivity contribution is 7.89. The Morgan fingerprint density at radius 2 is 1.80 bits per heavy atom. The van der Waals surface area contributed by atoms with Crippen molar-refractivity contribution in [1.82, 2.24) is 13.9 Å². The normalized spacial score (nSPS) is 13.2. The Morgan fingerprint density at radius 1 is 1.12 bits per heavy atom. The molecule has 0 amide bonds. The van der Waals surface area contributed by atoms with Crippen molar-refractivity contribution in [2.24, 2.45) is 14.1 Å². The monoisotopic (exact) mass is 367 g/mol. The second-order valence-corrected chi connectivity index (χ2v) is 7.34. The van der Waals surface area contributed by atoms with E-state index in [2.05, 4.69) is 4.72 Å². The van der Waals surface area contributed by atoms with Gasteiger partial charge in [0.25, 0.3) is 5.56 Å². The number of aromatic nitrogens is 2. The Balaban J connectivity index is 1.93. The quantitative estimate of drug-likeness (QED) is 0.788. The zero-order valence-corrected chi connectivity index (χ0v) is 14.7. The molecule has 0 atom stereocenters. The number of fused-ring (bicyclic) bond motifs is 1. The minimum Gasteiger partial charge on any atom is -0.454 e. The maximum Gasteiger partial charge on any atom is 0.330 e. The topological polar surface area (TPSA) is 109 Å². The number of sulfonamides is 1. The first-order valence-electron chi connectivity index (χ1n) is 7.37. The first-order valence-corrected chi connectivity index (χ1v) is 8.85. The van der Waals surface area contributed by atoms with Gasteiger partial charge in [0.1, 0.15) is 0 Å². The fourth-order valence-corrected chi connectivity index (χ4v) is 3.92. The molecule has 1 aliphatic rings. The predicted octanol–water partition coefficient (Wildman–Crippen LogP) is -0.400. The van der Waals surface area contributed by atoms with Gasteiger partial charge < -0.3 is 9.47 Å². The van der Waals surface area contributed by atoms with E-state index in [4.69, 9.17) is 9.47 Å². The maximum atomic E-state index is 12.6. The molecule has 0 unspecified atom stereocenters. The highest BCUT2D eigenvalue weighted by Gasteiger charge is 2.25. The molecule has 0 radical (unpaired) electrons. The van der Waals surface area contributed by atoms with Gasteiger partial charge in [-0.25, -0.2) is 17.9 Å². The Kier molecular flexibility index (Phi) is 4.17. The van der Waals surface area contributed by atoms with E-state index in [9.17, 15) is 18.0 Å². The summed E-state index contributed by atoms with van der Waals surface area (Å²) in [6.45, 7) is 1.50. The summed E-state index contributed by atoms with van der Waals surface area (Å²) in [5.74, 6) is 1.13. The fourth-order valence-electron chi connectivity index (χ4n) is 2.53. The Labute approximate surface area is 143 Å². The van der Waals surface area contributed by atoms with Crippen LogP contribution in [0.1, 0.15) is 11.3 Å². The van der Waals surface area contributed by atoms with Crippen LogP contribution in [0.3, 0.4) is 0 Å². The lowest BCUT2D eigenvalue weighted by molar-refractivity contribution is 0.174. The Hall–Kier alpha value is -2.59. The van der Waals surface area contributed by atoms with Crippen LogP contribution >= 0.6 is 0 Å². The molecular weight excluding hydrogens is 350 g/mol. The van der Waals surface area contributed by atoms with Crippen molar-refractivity contribution in [3.8, 4) is 11.5 Å². The number of nitrogens with zero attached hydrogens (tertiary/aromatic N) is 2. The number of hydrogen-bond acceptors (Lipinski definition) is 6. The Morgan fingerprint density at radius 3 is 2.52 bits per heavy atom. The molecule has 0 spiro atoms. The third kappa shape index (κ3) is 2.94. The van der Waals surface area contributed by atoms with Crippen molar-refractivity contribution in [3.63, 3.8) is 0 Å². The summed E-state index contributed by atoms with van der Waals surface area (Å²) in [4.78, 5) is 23.7. The van der Waals surface area contributed by atoms with Gasteiger partial charge in [0.15, 0.2) is 16.4 Å². The summed E-state index contributed by atoms with van der Waals surface area (Å²) < 4.78 is 39.9. The second-order valence-electron chi connectivity index (χ2n) is 5.63. The van der Waals surface area contributed by atoms with Gasteiger partial charge in [-0.05, 0) is 24.6 Å². The van der Waals surface area contributed by atoms with Crippen LogP contribution in [-0.4, -0.2) is 24.3 Å². The van der Waals surface area contributed by atoms with Gasteiger partial charge in [0.05, 0.1) is 0 Å². The highest BCUT2D eigenvalue weighted by Crippen LogP contribution is 2.32. The largest absolute Gasteiger partial charge is 0.454 e. The molecule has 1 aromatic carbocycles. The summed E-state index contributed by atoms with van der Waals surface area (Å²) in [5, 5.41) is 0. The summed E-state index contributed by atoms with van der Waals surface area (Å²) in [7, 11) is -1.46. The van der Waals surface area contributed by atoms with Crippen molar-refractivity contribution < 1.29 is 17.9 Å². The molecule has 3 rings (SSSR count). The first-order chi connectivity index (χ1) is 11.7. The van der Waals surface area contributed by atoms with E-state index in [1.165, 1.54) is 21.0 Å². The average Bonchev–Trinajstić information content (AvgIpc) is 3.04. The van der Waals surface area contributed by atoms with Crippen LogP contribution in [0.15, 0.2) is 32.7 Å². The second kappa shape index (κ2) is 6.05. The third-order valence-corrected chi connectivity index (χ3v) is 5.61. The van der Waals surface area contributed by atoms with E-state index in [1.807, 2.05) is 0 Å². The number of rotatable bonds is 4. The minimum absolute atomic E-state index is 0.0373. The predicted molar refractivity (Wildman–Crippen MR) is 88.3 cm³/mol. The third-order valence-electron chi connectivity index (χ3n) is 4.08. The highest BCUT2D eigenvalue weighted by atomic mass is 32.2. The number of benzene rings is 1. The van der Waals surface area contributed by atoms with Gasteiger partial charge in [-0.3, -0.25) is 13.9 Å². The lowest BCUT2D eigenvalue weighted by atomic mass is 10.2. The molecule has 0 bridgehead atoms. The zero-order chi connectivity index (χ0) is 18.4. The van der Waals surface area contributed by atoms with Crippen molar-refractivity contribution in [3.05, 3.63) is 50.3 Å². The SMILES string of the molecule is Cc1c(S(=O)(=O)NCc2ccc3c(c2)OCO3)c(=O)n(C)c(=O)n1C. The lowest BCUT2D eigenvalue weighted by Crippen LogP contribution is -2.43. The molecule has 0 fully saturated rings. The smallest absolute Gasteiger partial charge is 0.330 e. The van der Waals surface area contributed by atoms with Crippen molar-refractivity contribution in [2.45, 2.75) is 18.4 Å². The summed E-state index contributed by atoms with van der Waals surface area (Å²) >= 11 is 0. The van der Waals surface area contributed by atoms with Gasteiger partial charge in [-0.1, -0.05) is 6.07 Å². The summed E-state index contributed by atoms with van der Waals surface area (Å²) in [6.07, 6.45) is 0. The molecule has 10 heteroatoms. The maximum absolute atomic E-state index is 12.6. The molecule has 0 saturated carbocycles. The molecule has 2 heterocycles. The van der Waals surface area contributed by atoms with Crippen LogP contribution in [0, 0.1) is 6.92 Å². The van der Waals surface area contributed by atoms with Gasteiger partial charge in [0, 0.05) is 26.3 Å². The molecule has 1 N–H and O–H groups in total. The number of nitrogens with one attached hydrogen (secondary N) is 1. The fraction of sp³-hybridized carbons (Fsp3) is 0.333. The van der Waals surface area contributed by atoms with Crippen molar-refractivity contribution in [2.75, 3.05) is 6.79 Å². The van der Waals surface area contributed by atoms with Crippen LogP contribution < -0.4 is 25.4 Å². The number of hydrogen-bond donors (Lipinski definition) is 1. The molecule has 0 aliphatic carbocycles. The van der Waals surface area contributed by atoms with E-state index in [0.717, 1.165) is 9.13 Å². The van der Waals surface area contributed by atoms with Gasteiger partial charge in [-0.15, -0.1) is 0 Å². The molecule has 0 saturated heterocycles. The molecule has 134 valence electrons. The van der Waals surface area contributed by atoms with Crippen LogP contribution in [0.4, 0.5) is 0 Å². The average molecular weight is 367 g/mol. The van der Waals surface area contributed by atoms with Crippen LogP contribution in [0.2, 0.25) is 0 Å². The van der Waals surface area contributed by atoms with E-state index in [1.54, 1.807) is 18.2 Å². The van der Waals surface area contributed by atoms with Gasteiger partial charge in [0.2, 0.25) is 16.8 Å². The van der Waals surface area contributed by atoms with E-state index >= 15 is 0 Å². The van der Waals surface area contributed by atoms with Crippen LogP contribution in [0.5, 0.6) is 11.5 Å². The van der Waals surface area contributed by atoms with Crippen LogP contribution in [-0.2, 0) is 30.7 Å². The minimum atomic E-state index is -4.11. The molecule has 1 aliphatic heterocycles. The van der Waals surface area contributed by atoms with Gasteiger partial charge in [-0.2, -0.15) is 0 Å². The van der Waals surface area contributed by atoms with Gasteiger partial charge >= 0.3 is 5.69 Å². The molecule has 1 aromatic heterocycles. The lowest BCUT2D eigenvalue weighted by Gasteiger charge is -2.13. The standard InChI is InChI=1S/C15H17N3O6S/c1-9-13(14(19)18(3)15(20)17(9)2)25(21,22)16-7-10-4-5-11-12(6-10)24-8-23-11/h4-6,16H,7-8H2,1-3H3. The molecular formula is C15H17N3O6S. The molecule has 9 nitrogen and oxygen atoms in total. The van der Waals surface area contributed by atoms with E-state index < -0.39 is 26.2 Å². The molecule has 2 aromatic rings. The van der Waals surface area contributed by atoms with E-state index in [-0.39, 0.29) is 19.0 Å².